The summed E-state index contributed by atoms with van der Waals surface area (Å²) in [6.07, 6.45) is -1.36. The molecular formula is C23H37F3N8O3. The zero-order valence-electron chi connectivity index (χ0n) is 21.7. The number of carbonyl (C=O) groups excluding carboxylic acids is 1. The maximum Gasteiger partial charge on any atom is 0.490 e. The molecule has 208 valence electrons. The first-order valence-electron chi connectivity index (χ1n) is 11.7. The van der Waals surface area contributed by atoms with Crippen molar-refractivity contribution >= 4 is 12.0 Å². The van der Waals surface area contributed by atoms with Crippen LogP contribution in [0.5, 0.6) is 0 Å². The van der Waals surface area contributed by atoms with Gasteiger partial charge in [0.25, 0.3) is 0 Å². The number of nitrogens with one attached hydrogen (secondary N) is 1. The van der Waals surface area contributed by atoms with Crippen LogP contribution in [0.1, 0.15) is 24.1 Å². The highest BCUT2D eigenvalue weighted by molar-refractivity contribution is 5.74. The van der Waals surface area contributed by atoms with Crippen molar-refractivity contribution < 1.29 is 27.9 Å². The molecule has 0 unspecified atom stereocenters. The van der Waals surface area contributed by atoms with Crippen molar-refractivity contribution in [3.8, 4) is 5.69 Å². The predicted molar refractivity (Wildman–Crippen MR) is 133 cm³/mol. The molecule has 0 atom stereocenters. The van der Waals surface area contributed by atoms with E-state index in [2.05, 4.69) is 53.6 Å². The molecular weight excluding hydrogens is 493 g/mol. The molecule has 14 heteroatoms. The summed E-state index contributed by atoms with van der Waals surface area (Å²) in [6, 6.07) is 7.87. The Morgan fingerprint density at radius 1 is 1.05 bits per heavy atom. The number of carboxylic acids is 1. The van der Waals surface area contributed by atoms with Crippen LogP contribution in [-0.4, -0.2) is 107 Å². The number of alkyl halides is 3. The third-order valence-electron chi connectivity index (χ3n) is 4.97. The molecule has 0 spiro atoms. The Labute approximate surface area is 215 Å². The quantitative estimate of drug-likeness (QED) is 0.378. The van der Waals surface area contributed by atoms with Gasteiger partial charge in [-0.1, -0.05) is 17.3 Å². The Balaban J connectivity index is 0.000000856. The van der Waals surface area contributed by atoms with Gasteiger partial charge in [-0.3, -0.25) is 0 Å². The second-order valence-corrected chi connectivity index (χ2v) is 8.79. The van der Waals surface area contributed by atoms with Crippen LogP contribution in [0.15, 0.2) is 30.5 Å². The predicted octanol–water partition coefficient (Wildman–Crippen LogP) is 1.77. The van der Waals surface area contributed by atoms with E-state index in [0.29, 0.717) is 13.1 Å². The second-order valence-electron chi connectivity index (χ2n) is 8.79. The lowest BCUT2D eigenvalue weighted by Gasteiger charge is -2.24. The van der Waals surface area contributed by atoms with Crippen LogP contribution < -0.4 is 11.1 Å². The van der Waals surface area contributed by atoms with Crippen molar-refractivity contribution in [3.63, 3.8) is 0 Å². The maximum absolute atomic E-state index is 12.8. The molecule has 2 aromatic rings. The average molecular weight is 531 g/mol. The third kappa shape index (κ3) is 13.0. The molecule has 0 bridgehead atoms. The molecule has 0 saturated carbocycles. The van der Waals surface area contributed by atoms with Crippen LogP contribution in [-0.2, 0) is 17.9 Å². The van der Waals surface area contributed by atoms with Crippen LogP contribution in [0.25, 0.3) is 5.69 Å². The fourth-order valence-corrected chi connectivity index (χ4v) is 3.09. The van der Waals surface area contributed by atoms with E-state index in [1.165, 1.54) is 0 Å². The van der Waals surface area contributed by atoms with Crippen molar-refractivity contribution in [1.82, 2.24) is 35.0 Å². The molecule has 0 radical (unpaired) electrons. The third-order valence-corrected chi connectivity index (χ3v) is 4.97. The first-order chi connectivity index (χ1) is 17.3. The molecule has 1 aromatic carbocycles. The van der Waals surface area contributed by atoms with Crippen LogP contribution in [0.3, 0.4) is 0 Å². The highest BCUT2D eigenvalue weighted by Crippen LogP contribution is 2.13. The SMILES string of the molecule is CN(C)CCCN(CCCN(C)C)C(=O)NCc1cccc(-n2cc(CN)nn2)c1.O=C(O)C(F)(F)F. The van der Waals surface area contributed by atoms with E-state index in [1.807, 2.05) is 35.4 Å². The van der Waals surface area contributed by atoms with Gasteiger partial charge in [-0.15, -0.1) is 5.10 Å². The molecule has 2 rings (SSSR count). The number of aromatic nitrogens is 3. The number of aliphatic carboxylic acids is 1. The van der Waals surface area contributed by atoms with Crippen LogP contribution in [0.2, 0.25) is 0 Å². The number of hydrogen-bond donors (Lipinski definition) is 3. The molecule has 11 nitrogen and oxygen atoms in total. The molecule has 0 fully saturated rings. The Bertz CT molecular complexity index is 953. The standard InChI is InChI=1S/C21H36N8O.C2HF3O2/c1-26(2)10-6-12-28(13-7-11-27(3)4)21(30)23-16-18-8-5-9-20(14-18)29-17-19(15-22)24-25-29;3-2(4,5)1(6)7/h5,8-9,14,17H,6-7,10-13,15-16,22H2,1-4H3,(H,23,30);(H,6,7). The van der Waals surface area contributed by atoms with Gasteiger partial charge in [0, 0.05) is 26.2 Å². The Hall–Kier alpha value is -3.23. The molecule has 0 saturated heterocycles. The molecule has 1 heterocycles. The summed E-state index contributed by atoms with van der Waals surface area (Å²) in [6.45, 7) is 4.23. The highest BCUT2D eigenvalue weighted by Gasteiger charge is 2.38. The van der Waals surface area contributed by atoms with Gasteiger partial charge in [-0.25, -0.2) is 14.3 Å². The number of benzene rings is 1. The molecule has 2 amide bonds. The molecule has 0 aliphatic heterocycles. The van der Waals surface area contributed by atoms with Gasteiger partial charge in [0.2, 0.25) is 0 Å². The maximum atomic E-state index is 12.8. The van der Waals surface area contributed by atoms with Crippen LogP contribution in [0.4, 0.5) is 18.0 Å². The van der Waals surface area contributed by atoms with E-state index in [0.717, 1.165) is 56.0 Å². The zero-order valence-corrected chi connectivity index (χ0v) is 21.7. The van der Waals surface area contributed by atoms with Gasteiger partial charge in [-0.2, -0.15) is 13.2 Å². The number of amides is 2. The minimum absolute atomic E-state index is 0.0240. The van der Waals surface area contributed by atoms with Gasteiger partial charge in [0.05, 0.1) is 17.6 Å². The minimum atomic E-state index is -5.08. The van der Waals surface area contributed by atoms with Gasteiger partial charge >= 0.3 is 18.2 Å². The normalized spacial score (nSPS) is 11.3. The van der Waals surface area contributed by atoms with E-state index in [4.69, 9.17) is 15.6 Å². The smallest absolute Gasteiger partial charge is 0.475 e. The number of nitrogens with zero attached hydrogens (tertiary/aromatic N) is 6. The topological polar surface area (TPSA) is 133 Å². The van der Waals surface area contributed by atoms with E-state index in [9.17, 15) is 18.0 Å². The molecule has 0 aliphatic carbocycles. The lowest BCUT2D eigenvalue weighted by Crippen LogP contribution is -2.42. The number of nitrogens with two attached hydrogens (primary N) is 1. The lowest BCUT2D eigenvalue weighted by molar-refractivity contribution is -0.192. The fourth-order valence-electron chi connectivity index (χ4n) is 3.09. The Morgan fingerprint density at radius 2 is 1.62 bits per heavy atom. The Kier molecular flexibility index (Phi) is 13.6. The average Bonchev–Trinajstić information content (AvgIpc) is 3.30. The Morgan fingerprint density at radius 3 is 2.08 bits per heavy atom. The van der Waals surface area contributed by atoms with Gasteiger partial charge in [-0.05, 0) is 71.8 Å². The summed E-state index contributed by atoms with van der Waals surface area (Å²) in [5.74, 6) is -2.76. The van der Waals surface area contributed by atoms with Gasteiger partial charge in [0.1, 0.15) is 0 Å². The highest BCUT2D eigenvalue weighted by atomic mass is 19.4. The van der Waals surface area contributed by atoms with Crippen molar-refractivity contribution in [1.29, 1.82) is 0 Å². The summed E-state index contributed by atoms with van der Waals surface area (Å²) in [7, 11) is 8.20. The van der Waals surface area contributed by atoms with E-state index in [-0.39, 0.29) is 6.03 Å². The number of urea groups is 1. The second kappa shape index (κ2) is 15.8. The number of hydrogen-bond acceptors (Lipinski definition) is 7. The molecule has 1 aromatic heterocycles. The number of carbonyl (C=O) groups is 2. The van der Waals surface area contributed by atoms with Crippen molar-refractivity contribution in [2.75, 3.05) is 54.4 Å². The summed E-state index contributed by atoms with van der Waals surface area (Å²) in [4.78, 5) is 27.9. The van der Waals surface area contributed by atoms with Crippen molar-refractivity contribution in [2.24, 2.45) is 5.73 Å². The lowest BCUT2D eigenvalue weighted by atomic mass is 10.2. The summed E-state index contributed by atoms with van der Waals surface area (Å²) >= 11 is 0. The summed E-state index contributed by atoms with van der Waals surface area (Å²) in [5.41, 5.74) is 8.24. The van der Waals surface area contributed by atoms with E-state index >= 15 is 0 Å². The number of rotatable bonds is 12. The summed E-state index contributed by atoms with van der Waals surface area (Å²) in [5, 5.41) is 18.3. The minimum Gasteiger partial charge on any atom is -0.475 e. The molecule has 0 aliphatic rings. The molecule has 4 N–H and O–H groups in total. The molecule has 37 heavy (non-hydrogen) atoms. The van der Waals surface area contributed by atoms with E-state index < -0.39 is 12.1 Å². The fraction of sp³-hybridized carbons (Fsp3) is 0.565. The van der Waals surface area contributed by atoms with Crippen LogP contribution in [0, 0.1) is 0 Å². The summed E-state index contributed by atoms with van der Waals surface area (Å²) < 4.78 is 33.4. The van der Waals surface area contributed by atoms with Crippen molar-refractivity contribution in [3.05, 3.63) is 41.7 Å². The first-order valence-corrected chi connectivity index (χ1v) is 11.7. The largest absolute Gasteiger partial charge is 0.490 e. The van der Waals surface area contributed by atoms with Crippen molar-refractivity contribution in [2.45, 2.75) is 32.1 Å². The zero-order chi connectivity index (χ0) is 28.0. The van der Waals surface area contributed by atoms with Gasteiger partial charge < -0.3 is 30.9 Å². The number of carboxylic acid groups (broad SMARTS) is 1. The number of halogens is 3. The van der Waals surface area contributed by atoms with Gasteiger partial charge in [0.15, 0.2) is 0 Å². The first kappa shape index (κ1) is 31.8. The monoisotopic (exact) mass is 530 g/mol. The van der Waals surface area contributed by atoms with E-state index in [1.54, 1.807) is 4.68 Å². The van der Waals surface area contributed by atoms with Crippen LogP contribution >= 0.6 is 0 Å².